The third-order valence-electron chi connectivity index (χ3n) is 2.33. The Kier molecular flexibility index (Phi) is 3.90. The van der Waals surface area contributed by atoms with Crippen molar-refractivity contribution in [1.29, 1.82) is 0 Å². The molecule has 0 aliphatic carbocycles. The number of carbonyl (C=O) groups is 1. The highest BCUT2D eigenvalue weighted by Gasteiger charge is 2.15. The van der Waals surface area contributed by atoms with E-state index in [0.717, 1.165) is 0 Å². The molecule has 0 spiro atoms. The molecule has 0 radical (unpaired) electrons. The van der Waals surface area contributed by atoms with Gasteiger partial charge in [0, 0.05) is 22.2 Å². The van der Waals surface area contributed by atoms with E-state index in [4.69, 9.17) is 0 Å². The second kappa shape index (κ2) is 5.44. The Morgan fingerprint density at radius 3 is 2.26 bits per heavy atom. The van der Waals surface area contributed by atoms with Crippen molar-refractivity contribution in [3.8, 4) is 0 Å². The molecule has 19 heavy (non-hydrogen) atoms. The third-order valence-corrected chi connectivity index (χ3v) is 2.83. The SMILES string of the molecule is O=C(Nc1c(F)cc(F)cc1F)c1cccc(Br)c1. The zero-order chi connectivity index (χ0) is 14.0. The number of hydrogen-bond donors (Lipinski definition) is 1. The number of amides is 1. The minimum Gasteiger partial charge on any atom is -0.317 e. The van der Waals surface area contributed by atoms with Gasteiger partial charge in [-0.25, -0.2) is 13.2 Å². The first-order valence-electron chi connectivity index (χ1n) is 5.19. The fraction of sp³-hybridized carbons (Fsp3) is 0. The summed E-state index contributed by atoms with van der Waals surface area (Å²) in [6.45, 7) is 0. The first kappa shape index (κ1) is 13.6. The summed E-state index contributed by atoms with van der Waals surface area (Å²) in [5.74, 6) is -4.07. The lowest BCUT2D eigenvalue weighted by Gasteiger charge is -2.08. The van der Waals surface area contributed by atoms with Crippen LogP contribution in [0.25, 0.3) is 0 Å². The highest BCUT2D eigenvalue weighted by Crippen LogP contribution is 2.21. The van der Waals surface area contributed by atoms with E-state index >= 15 is 0 Å². The molecule has 2 nitrogen and oxygen atoms in total. The molecule has 2 rings (SSSR count). The maximum absolute atomic E-state index is 13.4. The molecule has 1 amide bonds. The minimum atomic E-state index is -1.17. The van der Waals surface area contributed by atoms with Gasteiger partial charge in [0.25, 0.3) is 5.91 Å². The average Bonchev–Trinajstić information content (AvgIpc) is 2.33. The Labute approximate surface area is 115 Å². The fourth-order valence-electron chi connectivity index (χ4n) is 1.48. The molecule has 0 atom stereocenters. The van der Waals surface area contributed by atoms with Crippen LogP contribution in [0.1, 0.15) is 10.4 Å². The molecule has 6 heteroatoms. The van der Waals surface area contributed by atoms with Gasteiger partial charge in [0.1, 0.15) is 11.5 Å². The van der Waals surface area contributed by atoms with Crippen LogP contribution in [0.15, 0.2) is 40.9 Å². The molecular weight excluding hydrogens is 323 g/mol. The van der Waals surface area contributed by atoms with Crippen molar-refractivity contribution < 1.29 is 18.0 Å². The summed E-state index contributed by atoms with van der Waals surface area (Å²) in [7, 11) is 0. The quantitative estimate of drug-likeness (QED) is 0.882. The highest BCUT2D eigenvalue weighted by molar-refractivity contribution is 9.10. The molecule has 0 aliphatic rings. The van der Waals surface area contributed by atoms with Crippen molar-refractivity contribution in [2.45, 2.75) is 0 Å². The summed E-state index contributed by atoms with van der Waals surface area (Å²) in [5, 5.41) is 2.07. The summed E-state index contributed by atoms with van der Waals surface area (Å²) in [5.41, 5.74) is -0.455. The van der Waals surface area contributed by atoms with Crippen molar-refractivity contribution in [1.82, 2.24) is 0 Å². The van der Waals surface area contributed by atoms with Crippen molar-refractivity contribution >= 4 is 27.5 Å². The monoisotopic (exact) mass is 329 g/mol. The van der Waals surface area contributed by atoms with Crippen LogP contribution >= 0.6 is 15.9 Å². The van der Waals surface area contributed by atoms with E-state index in [1.54, 1.807) is 12.1 Å². The van der Waals surface area contributed by atoms with Gasteiger partial charge in [0.15, 0.2) is 11.6 Å². The Bertz CT molecular complexity index is 623. The van der Waals surface area contributed by atoms with Crippen LogP contribution in [0.5, 0.6) is 0 Å². The molecule has 2 aromatic rings. The van der Waals surface area contributed by atoms with Crippen LogP contribution in [0.4, 0.5) is 18.9 Å². The van der Waals surface area contributed by atoms with Crippen molar-refractivity contribution in [3.05, 3.63) is 63.9 Å². The molecule has 98 valence electrons. The second-order valence-corrected chi connectivity index (χ2v) is 4.62. The van der Waals surface area contributed by atoms with Crippen LogP contribution in [0.3, 0.4) is 0 Å². The molecule has 0 fully saturated rings. The van der Waals surface area contributed by atoms with Gasteiger partial charge < -0.3 is 5.32 Å². The molecule has 0 saturated heterocycles. The summed E-state index contributed by atoms with van der Waals surface area (Å²) in [4.78, 5) is 11.8. The van der Waals surface area contributed by atoms with Crippen molar-refractivity contribution in [2.75, 3.05) is 5.32 Å². The van der Waals surface area contributed by atoms with Crippen LogP contribution in [-0.4, -0.2) is 5.91 Å². The predicted molar refractivity (Wildman–Crippen MR) is 68.4 cm³/mol. The maximum atomic E-state index is 13.4. The van der Waals surface area contributed by atoms with Gasteiger partial charge in [-0.2, -0.15) is 0 Å². The maximum Gasteiger partial charge on any atom is 0.255 e. The normalized spacial score (nSPS) is 10.3. The zero-order valence-electron chi connectivity index (χ0n) is 9.38. The Hall–Kier alpha value is -1.82. The predicted octanol–water partition coefficient (Wildman–Crippen LogP) is 4.12. The topological polar surface area (TPSA) is 29.1 Å². The lowest BCUT2D eigenvalue weighted by atomic mass is 10.2. The summed E-state index contributed by atoms with van der Waals surface area (Å²) < 4.78 is 40.1. The number of anilines is 1. The van der Waals surface area contributed by atoms with Gasteiger partial charge in [0.05, 0.1) is 0 Å². The molecule has 0 saturated carbocycles. The molecule has 0 aromatic heterocycles. The Balaban J connectivity index is 2.29. The summed E-state index contributed by atoms with van der Waals surface area (Å²) in [6, 6.07) is 7.29. The molecule has 1 N–H and O–H groups in total. The first-order valence-corrected chi connectivity index (χ1v) is 5.98. The number of halogens is 4. The lowest BCUT2D eigenvalue weighted by molar-refractivity contribution is 0.102. The first-order chi connectivity index (χ1) is 8.97. The van der Waals surface area contributed by atoms with E-state index in [1.807, 2.05) is 0 Å². The van der Waals surface area contributed by atoms with Crippen molar-refractivity contribution in [3.63, 3.8) is 0 Å². The van der Waals surface area contributed by atoms with Crippen LogP contribution in [-0.2, 0) is 0 Å². The van der Waals surface area contributed by atoms with Gasteiger partial charge in [-0.15, -0.1) is 0 Å². The number of rotatable bonds is 2. The molecular formula is C13H7BrF3NO. The molecule has 0 aliphatic heterocycles. The molecule has 0 bridgehead atoms. The largest absolute Gasteiger partial charge is 0.317 e. The van der Waals surface area contributed by atoms with Crippen LogP contribution < -0.4 is 5.32 Å². The van der Waals surface area contributed by atoms with E-state index in [1.165, 1.54) is 12.1 Å². The average molecular weight is 330 g/mol. The van der Waals surface area contributed by atoms with Crippen LogP contribution in [0.2, 0.25) is 0 Å². The van der Waals surface area contributed by atoms with Crippen LogP contribution in [0, 0.1) is 17.5 Å². The van der Waals surface area contributed by atoms with E-state index in [0.29, 0.717) is 16.6 Å². The van der Waals surface area contributed by atoms with E-state index in [9.17, 15) is 18.0 Å². The van der Waals surface area contributed by atoms with Gasteiger partial charge in [-0.05, 0) is 18.2 Å². The van der Waals surface area contributed by atoms with E-state index in [2.05, 4.69) is 21.2 Å². The molecule has 0 unspecified atom stereocenters. The Morgan fingerprint density at radius 1 is 1.05 bits per heavy atom. The number of hydrogen-bond acceptors (Lipinski definition) is 1. The van der Waals surface area contributed by atoms with E-state index in [-0.39, 0.29) is 5.56 Å². The third kappa shape index (κ3) is 3.14. The van der Waals surface area contributed by atoms with Gasteiger partial charge in [-0.1, -0.05) is 22.0 Å². The lowest BCUT2D eigenvalue weighted by Crippen LogP contribution is -2.14. The highest BCUT2D eigenvalue weighted by atomic mass is 79.9. The smallest absolute Gasteiger partial charge is 0.255 e. The second-order valence-electron chi connectivity index (χ2n) is 3.71. The minimum absolute atomic E-state index is 0.220. The number of nitrogens with one attached hydrogen (secondary N) is 1. The summed E-state index contributed by atoms with van der Waals surface area (Å²) >= 11 is 3.18. The standard InChI is InChI=1S/C13H7BrF3NO/c14-8-3-1-2-7(4-8)13(19)18-12-10(16)5-9(15)6-11(12)17/h1-6H,(H,18,19). The fourth-order valence-corrected chi connectivity index (χ4v) is 1.88. The van der Waals surface area contributed by atoms with Gasteiger partial charge in [-0.3, -0.25) is 4.79 Å². The zero-order valence-corrected chi connectivity index (χ0v) is 11.0. The van der Waals surface area contributed by atoms with E-state index < -0.39 is 29.0 Å². The van der Waals surface area contributed by atoms with Crippen molar-refractivity contribution in [2.24, 2.45) is 0 Å². The van der Waals surface area contributed by atoms with Gasteiger partial charge in [0.2, 0.25) is 0 Å². The summed E-state index contributed by atoms with van der Waals surface area (Å²) in [6.07, 6.45) is 0. The Morgan fingerprint density at radius 2 is 1.68 bits per heavy atom. The number of benzene rings is 2. The number of carbonyl (C=O) groups excluding carboxylic acids is 1. The van der Waals surface area contributed by atoms with Gasteiger partial charge >= 0.3 is 0 Å². The molecule has 0 heterocycles. The molecule has 2 aromatic carbocycles.